The van der Waals surface area contributed by atoms with Gasteiger partial charge >= 0.3 is 0 Å². The summed E-state index contributed by atoms with van der Waals surface area (Å²) in [4.78, 5) is 8.86. The molecule has 0 fully saturated rings. The molecule has 2 heterocycles. The Morgan fingerprint density at radius 1 is 1.47 bits per heavy atom. The number of aromatic nitrogens is 3. The van der Waals surface area contributed by atoms with Crippen molar-refractivity contribution in [3.05, 3.63) is 18.6 Å². The minimum atomic E-state index is -0.780. The molecule has 0 aliphatic carbocycles. The molecule has 2 rings (SSSR count). The number of fused-ring (bicyclic) bond motifs is 1. The largest absolute Gasteiger partial charge is 0.389 e. The molecule has 5 nitrogen and oxygen atoms in total. The molecule has 0 aliphatic heterocycles. The third-order valence-corrected chi connectivity index (χ3v) is 3.60. The molecular weight excluding hydrogens is 260 g/mol. The van der Waals surface area contributed by atoms with Crippen molar-refractivity contribution < 1.29 is 5.11 Å². The predicted molar refractivity (Wildman–Crippen MR) is 78.8 cm³/mol. The van der Waals surface area contributed by atoms with Gasteiger partial charge in [-0.05, 0) is 26.0 Å². The molecule has 0 spiro atoms. The summed E-state index contributed by atoms with van der Waals surface area (Å²) in [5.41, 5.74) is 0.00257. The van der Waals surface area contributed by atoms with E-state index in [2.05, 4.69) is 22.2 Å². The minimum absolute atomic E-state index is 0.435. The van der Waals surface area contributed by atoms with Crippen LogP contribution in [0.25, 0.3) is 5.65 Å². The molecule has 0 saturated heterocycles. The maximum atomic E-state index is 9.79. The molecule has 104 valence electrons. The topological polar surface area (TPSA) is 62.5 Å². The molecule has 0 atom stereocenters. The van der Waals surface area contributed by atoms with E-state index in [0.717, 1.165) is 22.8 Å². The van der Waals surface area contributed by atoms with Crippen molar-refractivity contribution in [1.29, 1.82) is 0 Å². The summed E-state index contributed by atoms with van der Waals surface area (Å²) in [6.45, 7) is 6.11. The van der Waals surface area contributed by atoms with Crippen LogP contribution in [0.1, 0.15) is 27.2 Å². The Labute approximate surface area is 117 Å². The lowest BCUT2D eigenvalue weighted by atomic mass is 10.1. The van der Waals surface area contributed by atoms with Crippen molar-refractivity contribution in [2.75, 3.05) is 17.6 Å². The fourth-order valence-corrected chi connectivity index (χ4v) is 2.36. The quantitative estimate of drug-likeness (QED) is 0.796. The summed E-state index contributed by atoms with van der Waals surface area (Å²) >= 11 is 1.72. The second-order valence-corrected chi connectivity index (χ2v) is 6.22. The lowest BCUT2D eigenvalue weighted by Gasteiger charge is -2.18. The molecule has 0 amide bonds. The number of imidazole rings is 1. The van der Waals surface area contributed by atoms with E-state index in [1.54, 1.807) is 31.8 Å². The van der Waals surface area contributed by atoms with E-state index in [-0.39, 0.29) is 0 Å². The summed E-state index contributed by atoms with van der Waals surface area (Å²) in [6.07, 6.45) is 6.75. The van der Waals surface area contributed by atoms with Crippen LogP contribution in [-0.2, 0) is 0 Å². The molecule has 0 bridgehead atoms. The number of nitrogens with zero attached hydrogens (tertiary/aromatic N) is 3. The lowest BCUT2D eigenvalue weighted by Crippen LogP contribution is -2.29. The molecule has 2 N–H and O–H groups in total. The van der Waals surface area contributed by atoms with Gasteiger partial charge in [0, 0.05) is 25.1 Å². The summed E-state index contributed by atoms with van der Waals surface area (Å²) in [5.74, 6) is 1.76. The van der Waals surface area contributed by atoms with Gasteiger partial charge in [0.2, 0.25) is 0 Å². The third kappa shape index (κ3) is 3.84. The predicted octanol–water partition coefficient (Wildman–Crippen LogP) is 2.41. The Morgan fingerprint density at radius 2 is 2.26 bits per heavy atom. The third-order valence-electron chi connectivity index (χ3n) is 2.49. The van der Waals surface area contributed by atoms with Gasteiger partial charge in [0.05, 0.1) is 5.60 Å². The molecule has 0 saturated carbocycles. The van der Waals surface area contributed by atoms with Crippen LogP contribution in [0.5, 0.6) is 0 Å². The number of nitrogens with one attached hydrogen (secondary N) is 1. The van der Waals surface area contributed by atoms with Crippen molar-refractivity contribution in [2.24, 2.45) is 0 Å². The number of aliphatic hydroxyl groups is 1. The summed E-state index contributed by atoms with van der Waals surface area (Å²) in [5, 5.41) is 13.9. The van der Waals surface area contributed by atoms with Crippen molar-refractivity contribution in [3.8, 4) is 0 Å². The molecule has 0 aliphatic rings. The molecule has 0 radical (unpaired) electrons. The smallest absolute Gasteiger partial charge is 0.180 e. The van der Waals surface area contributed by atoms with Crippen LogP contribution in [0.2, 0.25) is 0 Å². The first-order valence-electron chi connectivity index (χ1n) is 6.42. The Morgan fingerprint density at radius 3 is 2.95 bits per heavy atom. The van der Waals surface area contributed by atoms with E-state index in [4.69, 9.17) is 0 Å². The van der Waals surface area contributed by atoms with E-state index < -0.39 is 5.60 Å². The molecule has 0 aromatic carbocycles. The second-order valence-electron chi connectivity index (χ2n) is 5.10. The Bertz CT molecular complexity index is 547. The Balaban J connectivity index is 2.26. The van der Waals surface area contributed by atoms with Crippen molar-refractivity contribution in [3.63, 3.8) is 0 Å². The number of anilines is 1. The highest BCUT2D eigenvalue weighted by Crippen LogP contribution is 2.21. The van der Waals surface area contributed by atoms with Crippen molar-refractivity contribution in [1.82, 2.24) is 14.4 Å². The van der Waals surface area contributed by atoms with Crippen LogP contribution < -0.4 is 5.32 Å². The van der Waals surface area contributed by atoms with E-state index in [9.17, 15) is 5.11 Å². The Kier molecular flexibility index (Phi) is 4.31. The van der Waals surface area contributed by atoms with Crippen LogP contribution in [0, 0.1) is 0 Å². The van der Waals surface area contributed by atoms with E-state index in [1.807, 2.05) is 16.8 Å². The molecule has 2 aromatic heterocycles. The van der Waals surface area contributed by atoms with Crippen LogP contribution in [0.3, 0.4) is 0 Å². The van der Waals surface area contributed by atoms with Crippen LogP contribution in [0.4, 0.5) is 5.82 Å². The van der Waals surface area contributed by atoms with Crippen LogP contribution in [-0.4, -0.2) is 37.4 Å². The average Bonchev–Trinajstić information content (AvgIpc) is 2.80. The SMILES string of the molecule is CCCSc1cn2ccnc2c(NCC(C)(C)O)n1. The summed E-state index contributed by atoms with van der Waals surface area (Å²) < 4.78 is 1.96. The number of thioether (sulfide) groups is 1. The zero-order valence-corrected chi connectivity index (χ0v) is 12.4. The van der Waals surface area contributed by atoms with Gasteiger partial charge in [-0.2, -0.15) is 0 Å². The monoisotopic (exact) mass is 280 g/mol. The summed E-state index contributed by atoms with van der Waals surface area (Å²) in [6, 6.07) is 0. The zero-order chi connectivity index (χ0) is 13.9. The number of hydrogen-bond acceptors (Lipinski definition) is 5. The van der Waals surface area contributed by atoms with Gasteiger partial charge in [-0.25, -0.2) is 9.97 Å². The fourth-order valence-electron chi connectivity index (χ4n) is 1.60. The first-order chi connectivity index (χ1) is 8.99. The maximum Gasteiger partial charge on any atom is 0.180 e. The van der Waals surface area contributed by atoms with Crippen LogP contribution >= 0.6 is 11.8 Å². The highest BCUT2D eigenvalue weighted by Gasteiger charge is 2.14. The van der Waals surface area contributed by atoms with E-state index in [0.29, 0.717) is 12.4 Å². The van der Waals surface area contributed by atoms with Gasteiger partial charge in [0.25, 0.3) is 0 Å². The Hall–Kier alpha value is -1.27. The van der Waals surface area contributed by atoms with Gasteiger partial charge in [-0.3, -0.25) is 0 Å². The van der Waals surface area contributed by atoms with E-state index >= 15 is 0 Å². The first-order valence-corrected chi connectivity index (χ1v) is 7.41. The zero-order valence-electron chi connectivity index (χ0n) is 11.6. The van der Waals surface area contributed by atoms with Gasteiger partial charge in [0.15, 0.2) is 11.5 Å². The molecule has 6 heteroatoms. The lowest BCUT2D eigenvalue weighted by molar-refractivity contribution is 0.0944. The van der Waals surface area contributed by atoms with Gasteiger partial charge in [-0.15, -0.1) is 11.8 Å². The van der Waals surface area contributed by atoms with Crippen molar-refractivity contribution in [2.45, 2.75) is 37.8 Å². The van der Waals surface area contributed by atoms with Gasteiger partial charge in [0.1, 0.15) is 5.03 Å². The number of hydrogen-bond donors (Lipinski definition) is 2. The van der Waals surface area contributed by atoms with Crippen LogP contribution in [0.15, 0.2) is 23.6 Å². The highest BCUT2D eigenvalue weighted by molar-refractivity contribution is 7.99. The maximum absolute atomic E-state index is 9.79. The molecule has 0 unspecified atom stereocenters. The molecule has 19 heavy (non-hydrogen) atoms. The average molecular weight is 280 g/mol. The minimum Gasteiger partial charge on any atom is -0.389 e. The fraction of sp³-hybridized carbons (Fsp3) is 0.538. The molecule has 2 aromatic rings. The first kappa shape index (κ1) is 14.1. The second kappa shape index (κ2) is 5.79. The number of rotatable bonds is 6. The van der Waals surface area contributed by atoms with Crippen molar-refractivity contribution >= 4 is 23.2 Å². The van der Waals surface area contributed by atoms with E-state index in [1.165, 1.54) is 0 Å². The normalized spacial score (nSPS) is 12.0. The van der Waals surface area contributed by atoms with Gasteiger partial charge in [-0.1, -0.05) is 6.92 Å². The summed E-state index contributed by atoms with van der Waals surface area (Å²) in [7, 11) is 0. The molecular formula is C13H20N4OS. The standard InChI is InChI=1S/C13H20N4OS/c1-4-7-19-10-8-17-6-5-14-12(17)11(16-10)15-9-13(2,3)18/h5-6,8,18H,4,7,9H2,1-3H3,(H,15,16). The van der Waals surface area contributed by atoms with Gasteiger partial charge < -0.3 is 14.8 Å². The highest BCUT2D eigenvalue weighted by atomic mass is 32.2.